The average Bonchev–Trinajstić information content (AvgIpc) is 2.84. The van der Waals surface area contributed by atoms with Crippen molar-refractivity contribution in [2.24, 2.45) is 10.2 Å². The summed E-state index contributed by atoms with van der Waals surface area (Å²) in [6.07, 6.45) is 0.464. The molecule has 0 bridgehead atoms. The number of hydrogen-bond donors (Lipinski definition) is 0. The summed E-state index contributed by atoms with van der Waals surface area (Å²) in [7, 11) is 0. The van der Waals surface area contributed by atoms with Gasteiger partial charge in [-0.2, -0.15) is 10.2 Å². The van der Waals surface area contributed by atoms with Gasteiger partial charge in [0.05, 0.1) is 37.1 Å². The number of hydrogen-bond acceptors (Lipinski definition) is 4. The summed E-state index contributed by atoms with van der Waals surface area (Å²) < 4.78 is 19.4. The summed E-state index contributed by atoms with van der Waals surface area (Å²) in [6, 6.07) is 0. The zero-order valence-corrected chi connectivity index (χ0v) is 10.7. The first-order valence-electron chi connectivity index (χ1n) is 6.22. The molecule has 6 heteroatoms. The van der Waals surface area contributed by atoms with E-state index in [0.29, 0.717) is 25.1 Å². The number of piperidine rings is 1. The van der Waals surface area contributed by atoms with E-state index < -0.39 is 12.3 Å². The maximum absolute atomic E-state index is 13.9. The summed E-state index contributed by atoms with van der Waals surface area (Å²) in [6.45, 7) is 4.69. The minimum absolute atomic E-state index is 0.00522. The lowest BCUT2D eigenvalue weighted by Crippen LogP contribution is -2.49. The molecule has 1 saturated heterocycles. The topological polar surface area (TPSA) is 54.3 Å². The largest absolute Gasteiger partial charge is 0.372 e. The SMILES string of the molecule is CC(C)O[C@H]1CCN(C(=O)C2=CN=NC2)C[C@H]1F. The molecule has 0 radical (unpaired) electrons. The van der Waals surface area contributed by atoms with Crippen LogP contribution in [0.15, 0.2) is 22.0 Å². The maximum atomic E-state index is 13.9. The summed E-state index contributed by atoms with van der Waals surface area (Å²) >= 11 is 0. The molecule has 0 unspecified atom stereocenters. The highest BCUT2D eigenvalue weighted by Crippen LogP contribution is 2.21. The Kier molecular flexibility index (Phi) is 4.06. The zero-order chi connectivity index (χ0) is 13.1. The zero-order valence-electron chi connectivity index (χ0n) is 10.7. The fourth-order valence-corrected chi connectivity index (χ4v) is 2.16. The van der Waals surface area contributed by atoms with E-state index in [2.05, 4.69) is 10.2 Å². The third-order valence-corrected chi connectivity index (χ3v) is 3.03. The molecule has 2 heterocycles. The lowest BCUT2D eigenvalue weighted by Gasteiger charge is -2.35. The molecule has 0 saturated carbocycles. The van der Waals surface area contributed by atoms with Crippen LogP contribution in [-0.4, -0.2) is 48.8 Å². The number of ether oxygens (including phenoxy) is 1. The Morgan fingerprint density at radius 2 is 2.39 bits per heavy atom. The van der Waals surface area contributed by atoms with Crippen molar-refractivity contribution in [3.63, 3.8) is 0 Å². The van der Waals surface area contributed by atoms with Crippen LogP contribution in [0, 0.1) is 0 Å². The monoisotopic (exact) mass is 255 g/mol. The smallest absolute Gasteiger partial charge is 0.253 e. The van der Waals surface area contributed by atoms with Gasteiger partial charge in [-0.05, 0) is 20.3 Å². The highest BCUT2D eigenvalue weighted by molar-refractivity contribution is 5.94. The number of nitrogens with zero attached hydrogens (tertiary/aromatic N) is 3. The van der Waals surface area contributed by atoms with E-state index in [0.717, 1.165) is 0 Å². The first-order chi connectivity index (χ1) is 8.58. The quantitative estimate of drug-likeness (QED) is 0.770. The van der Waals surface area contributed by atoms with Gasteiger partial charge < -0.3 is 9.64 Å². The van der Waals surface area contributed by atoms with Crippen LogP contribution in [0.25, 0.3) is 0 Å². The van der Waals surface area contributed by atoms with Crippen LogP contribution in [0.2, 0.25) is 0 Å². The molecule has 100 valence electrons. The Bertz CT molecular complexity index is 382. The van der Waals surface area contributed by atoms with Crippen molar-refractivity contribution in [3.05, 3.63) is 11.8 Å². The molecule has 1 fully saturated rings. The molecular formula is C12H18FN3O2. The highest BCUT2D eigenvalue weighted by Gasteiger charge is 2.33. The van der Waals surface area contributed by atoms with Gasteiger partial charge >= 0.3 is 0 Å². The van der Waals surface area contributed by atoms with Gasteiger partial charge in [-0.3, -0.25) is 4.79 Å². The third kappa shape index (κ3) is 2.93. The van der Waals surface area contributed by atoms with Gasteiger partial charge in [-0.15, -0.1) is 0 Å². The summed E-state index contributed by atoms with van der Waals surface area (Å²) in [5, 5.41) is 7.37. The number of carbonyl (C=O) groups is 1. The summed E-state index contributed by atoms with van der Waals surface area (Å²) in [5.74, 6) is -0.161. The van der Waals surface area contributed by atoms with E-state index in [1.54, 1.807) is 0 Å². The summed E-state index contributed by atoms with van der Waals surface area (Å²) in [4.78, 5) is 13.5. The number of rotatable bonds is 3. The van der Waals surface area contributed by atoms with Crippen molar-refractivity contribution < 1.29 is 13.9 Å². The first-order valence-corrected chi connectivity index (χ1v) is 6.22. The van der Waals surface area contributed by atoms with Crippen molar-refractivity contribution in [2.45, 2.75) is 38.6 Å². The predicted octanol–water partition coefficient (Wildman–Crippen LogP) is 1.70. The molecule has 2 rings (SSSR count). The Morgan fingerprint density at radius 3 is 2.94 bits per heavy atom. The Morgan fingerprint density at radius 1 is 1.61 bits per heavy atom. The first kappa shape index (κ1) is 13.1. The van der Waals surface area contributed by atoms with Crippen LogP contribution in [0.4, 0.5) is 4.39 Å². The molecule has 0 aromatic carbocycles. The third-order valence-electron chi connectivity index (χ3n) is 3.03. The molecule has 1 amide bonds. The Labute approximate surface area is 106 Å². The van der Waals surface area contributed by atoms with Gasteiger partial charge in [0.1, 0.15) is 6.17 Å². The molecule has 0 aliphatic carbocycles. The van der Waals surface area contributed by atoms with Gasteiger partial charge in [0.15, 0.2) is 0 Å². The van der Waals surface area contributed by atoms with Crippen molar-refractivity contribution in [1.29, 1.82) is 0 Å². The second-order valence-corrected chi connectivity index (χ2v) is 4.85. The number of amides is 1. The molecule has 5 nitrogen and oxygen atoms in total. The molecule has 2 aliphatic rings. The lowest BCUT2D eigenvalue weighted by molar-refractivity contribution is -0.134. The number of likely N-dealkylation sites (tertiary alicyclic amines) is 1. The maximum Gasteiger partial charge on any atom is 0.253 e. The number of carbonyl (C=O) groups excluding carboxylic acids is 1. The van der Waals surface area contributed by atoms with E-state index in [4.69, 9.17) is 4.74 Å². The van der Waals surface area contributed by atoms with Gasteiger partial charge in [0.25, 0.3) is 5.91 Å². The van der Waals surface area contributed by atoms with Crippen LogP contribution in [0.3, 0.4) is 0 Å². The molecule has 2 atom stereocenters. The van der Waals surface area contributed by atoms with Crippen LogP contribution >= 0.6 is 0 Å². The fourth-order valence-electron chi connectivity index (χ4n) is 2.16. The lowest BCUT2D eigenvalue weighted by atomic mass is 10.0. The van der Waals surface area contributed by atoms with Gasteiger partial charge in [-0.1, -0.05) is 0 Å². The second-order valence-electron chi connectivity index (χ2n) is 4.85. The second kappa shape index (κ2) is 5.56. The standard InChI is InChI=1S/C12H18FN3O2/c1-8(2)18-11-3-4-16(7-10(11)13)12(17)9-5-14-15-6-9/h5,8,10-11H,3-4,6-7H2,1-2H3/t10-,11+/m1/s1. The van der Waals surface area contributed by atoms with Crippen molar-refractivity contribution in [3.8, 4) is 0 Å². The van der Waals surface area contributed by atoms with Crippen LogP contribution < -0.4 is 0 Å². The van der Waals surface area contributed by atoms with E-state index in [1.807, 2.05) is 13.8 Å². The van der Waals surface area contributed by atoms with Crippen LogP contribution in [0.5, 0.6) is 0 Å². The fraction of sp³-hybridized carbons (Fsp3) is 0.750. The molecule has 0 aromatic heterocycles. The minimum atomic E-state index is -1.12. The number of azo groups is 1. The van der Waals surface area contributed by atoms with Crippen LogP contribution in [-0.2, 0) is 9.53 Å². The number of alkyl halides is 1. The van der Waals surface area contributed by atoms with Gasteiger partial charge in [-0.25, -0.2) is 4.39 Å². The molecule has 0 aromatic rings. The Balaban J connectivity index is 1.89. The average molecular weight is 255 g/mol. The van der Waals surface area contributed by atoms with Crippen LogP contribution in [0.1, 0.15) is 20.3 Å². The number of halogens is 1. The molecular weight excluding hydrogens is 237 g/mol. The van der Waals surface area contributed by atoms with Gasteiger partial charge in [0.2, 0.25) is 0 Å². The minimum Gasteiger partial charge on any atom is -0.372 e. The van der Waals surface area contributed by atoms with Crippen molar-refractivity contribution >= 4 is 5.91 Å². The molecule has 0 spiro atoms. The van der Waals surface area contributed by atoms with Crippen molar-refractivity contribution in [2.75, 3.05) is 19.6 Å². The van der Waals surface area contributed by atoms with Crippen molar-refractivity contribution in [1.82, 2.24) is 4.90 Å². The highest BCUT2D eigenvalue weighted by atomic mass is 19.1. The molecule has 0 N–H and O–H groups in total. The molecule has 18 heavy (non-hydrogen) atoms. The summed E-state index contributed by atoms with van der Waals surface area (Å²) in [5.41, 5.74) is 0.533. The van der Waals surface area contributed by atoms with E-state index in [-0.39, 0.29) is 18.6 Å². The van der Waals surface area contributed by atoms with E-state index in [1.165, 1.54) is 11.1 Å². The molecule has 2 aliphatic heterocycles. The predicted molar refractivity (Wildman–Crippen MR) is 63.9 cm³/mol. The Hall–Kier alpha value is -1.30. The normalized spacial score (nSPS) is 27.8. The van der Waals surface area contributed by atoms with E-state index in [9.17, 15) is 9.18 Å². The van der Waals surface area contributed by atoms with E-state index >= 15 is 0 Å². The van der Waals surface area contributed by atoms with Gasteiger partial charge in [0, 0.05) is 6.54 Å².